The van der Waals surface area contributed by atoms with E-state index in [9.17, 15) is 0 Å². The number of nitrogens with two attached hydrogens (primary N) is 1. The van der Waals surface area contributed by atoms with Gasteiger partial charge in [0.15, 0.2) is 0 Å². The summed E-state index contributed by atoms with van der Waals surface area (Å²) in [5.41, 5.74) is 6.62. The molecule has 6 nitrogen and oxygen atoms in total. The summed E-state index contributed by atoms with van der Waals surface area (Å²) in [7, 11) is 3.97. The fourth-order valence-corrected chi connectivity index (χ4v) is 2.03. The van der Waals surface area contributed by atoms with Gasteiger partial charge in [-0.25, -0.2) is 4.68 Å². The minimum absolute atomic E-state index is 0.740. The molecule has 0 spiro atoms. The topological polar surface area (TPSA) is 62.4 Å². The standard InChI is InChI=1S/C10H20N6/c1-14(2)10-9(11)7-13-16(10)6-5-15-4-3-12-8-15/h7,12H,3-6,8,11H2,1-2H3. The molecular weight excluding hydrogens is 204 g/mol. The van der Waals surface area contributed by atoms with Gasteiger partial charge in [0.25, 0.3) is 0 Å². The van der Waals surface area contributed by atoms with Crippen LogP contribution >= 0.6 is 0 Å². The number of hydrogen-bond acceptors (Lipinski definition) is 5. The zero-order valence-electron chi connectivity index (χ0n) is 9.98. The third-order valence-corrected chi connectivity index (χ3v) is 2.83. The molecule has 6 heteroatoms. The molecule has 0 radical (unpaired) electrons. The highest BCUT2D eigenvalue weighted by Crippen LogP contribution is 2.19. The largest absolute Gasteiger partial charge is 0.394 e. The molecule has 0 bridgehead atoms. The Labute approximate surface area is 96.0 Å². The number of nitrogens with one attached hydrogen (secondary N) is 1. The highest BCUT2D eigenvalue weighted by Gasteiger charge is 2.13. The minimum atomic E-state index is 0.740. The second-order valence-electron chi connectivity index (χ2n) is 4.32. The number of rotatable bonds is 4. The fraction of sp³-hybridized carbons (Fsp3) is 0.700. The summed E-state index contributed by atoms with van der Waals surface area (Å²) in [6.07, 6.45) is 1.72. The molecule has 1 saturated heterocycles. The van der Waals surface area contributed by atoms with Crippen molar-refractivity contribution >= 4 is 11.5 Å². The van der Waals surface area contributed by atoms with Crippen molar-refractivity contribution in [3.05, 3.63) is 6.20 Å². The lowest BCUT2D eigenvalue weighted by molar-refractivity contribution is 0.313. The van der Waals surface area contributed by atoms with E-state index in [4.69, 9.17) is 5.73 Å². The monoisotopic (exact) mass is 224 g/mol. The van der Waals surface area contributed by atoms with Gasteiger partial charge in [0.05, 0.1) is 18.4 Å². The summed E-state index contributed by atoms with van der Waals surface area (Å²) >= 11 is 0. The molecule has 1 aliphatic heterocycles. The third-order valence-electron chi connectivity index (χ3n) is 2.83. The summed E-state index contributed by atoms with van der Waals surface area (Å²) in [6.45, 7) is 5.07. The Kier molecular flexibility index (Phi) is 3.31. The molecule has 0 amide bonds. The van der Waals surface area contributed by atoms with Crippen LogP contribution in [0.15, 0.2) is 6.20 Å². The smallest absolute Gasteiger partial charge is 0.149 e. The Morgan fingerprint density at radius 1 is 1.50 bits per heavy atom. The van der Waals surface area contributed by atoms with E-state index in [2.05, 4.69) is 15.3 Å². The predicted molar refractivity (Wildman–Crippen MR) is 65.4 cm³/mol. The van der Waals surface area contributed by atoms with Gasteiger partial charge < -0.3 is 16.0 Å². The molecule has 0 atom stereocenters. The first-order valence-electron chi connectivity index (χ1n) is 5.60. The lowest BCUT2D eigenvalue weighted by Crippen LogP contribution is -2.27. The van der Waals surface area contributed by atoms with Crippen molar-refractivity contribution < 1.29 is 0 Å². The zero-order chi connectivity index (χ0) is 11.5. The van der Waals surface area contributed by atoms with Crippen molar-refractivity contribution in [1.29, 1.82) is 0 Å². The van der Waals surface area contributed by atoms with E-state index >= 15 is 0 Å². The Morgan fingerprint density at radius 3 is 2.94 bits per heavy atom. The first-order valence-corrected chi connectivity index (χ1v) is 5.60. The maximum atomic E-state index is 5.88. The van der Waals surface area contributed by atoms with Gasteiger partial charge in [0.1, 0.15) is 5.82 Å². The molecule has 1 fully saturated rings. The molecule has 0 aromatic carbocycles. The molecule has 0 aliphatic carbocycles. The maximum absolute atomic E-state index is 5.88. The lowest BCUT2D eigenvalue weighted by Gasteiger charge is -2.18. The van der Waals surface area contributed by atoms with Crippen molar-refractivity contribution in [2.75, 3.05) is 51.0 Å². The van der Waals surface area contributed by atoms with E-state index < -0.39 is 0 Å². The van der Waals surface area contributed by atoms with E-state index in [1.807, 2.05) is 23.7 Å². The molecule has 2 rings (SSSR count). The number of nitrogen functional groups attached to an aromatic ring is 1. The van der Waals surface area contributed by atoms with Crippen molar-refractivity contribution in [3.8, 4) is 0 Å². The van der Waals surface area contributed by atoms with Crippen LogP contribution in [-0.2, 0) is 6.54 Å². The molecule has 1 aromatic heterocycles. The quantitative estimate of drug-likeness (QED) is 0.715. The molecule has 1 aliphatic rings. The van der Waals surface area contributed by atoms with Gasteiger partial charge in [0.2, 0.25) is 0 Å². The van der Waals surface area contributed by atoms with Crippen LogP contribution < -0.4 is 16.0 Å². The van der Waals surface area contributed by atoms with Crippen LogP contribution in [0.5, 0.6) is 0 Å². The van der Waals surface area contributed by atoms with Gasteiger partial charge in [-0.2, -0.15) is 5.10 Å². The second kappa shape index (κ2) is 4.71. The molecule has 1 aromatic rings. The minimum Gasteiger partial charge on any atom is -0.394 e. The Bertz CT molecular complexity index is 339. The van der Waals surface area contributed by atoms with Crippen molar-refractivity contribution in [1.82, 2.24) is 20.0 Å². The van der Waals surface area contributed by atoms with Gasteiger partial charge in [0, 0.05) is 40.4 Å². The van der Waals surface area contributed by atoms with Crippen LogP contribution in [0.25, 0.3) is 0 Å². The van der Waals surface area contributed by atoms with Crippen LogP contribution in [0.1, 0.15) is 0 Å². The molecule has 90 valence electrons. The summed E-state index contributed by atoms with van der Waals surface area (Å²) in [5.74, 6) is 0.993. The van der Waals surface area contributed by atoms with Crippen LogP contribution in [0.2, 0.25) is 0 Å². The van der Waals surface area contributed by atoms with Gasteiger partial charge in [-0.15, -0.1) is 0 Å². The summed E-state index contributed by atoms with van der Waals surface area (Å²) in [6, 6.07) is 0. The number of hydrogen-bond donors (Lipinski definition) is 2. The van der Waals surface area contributed by atoms with E-state index in [0.717, 1.165) is 44.4 Å². The second-order valence-corrected chi connectivity index (χ2v) is 4.32. The number of anilines is 2. The fourth-order valence-electron chi connectivity index (χ4n) is 2.03. The predicted octanol–water partition coefficient (Wildman–Crippen LogP) is -0.606. The van der Waals surface area contributed by atoms with Crippen LogP contribution in [-0.4, -0.2) is 55.1 Å². The van der Waals surface area contributed by atoms with E-state index in [-0.39, 0.29) is 0 Å². The van der Waals surface area contributed by atoms with Crippen molar-refractivity contribution in [3.63, 3.8) is 0 Å². The molecule has 16 heavy (non-hydrogen) atoms. The zero-order valence-corrected chi connectivity index (χ0v) is 9.98. The first kappa shape index (κ1) is 11.2. The normalized spacial score (nSPS) is 16.9. The van der Waals surface area contributed by atoms with Crippen LogP contribution in [0, 0.1) is 0 Å². The first-order chi connectivity index (χ1) is 7.68. The maximum Gasteiger partial charge on any atom is 0.149 e. The third kappa shape index (κ3) is 2.28. The van der Waals surface area contributed by atoms with E-state index in [0.29, 0.717) is 0 Å². The van der Waals surface area contributed by atoms with Gasteiger partial charge in [-0.3, -0.25) is 4.90 Å². The van der Waals surface area contributed by atoms with Crippen LogP contribution in [0.4, 0.5) is 11.5 Å². The number of aromatic nitrogens is 2. The van der Waals surface area contributed by atoms with Gasteiger partial charge in [-0.1, -0.05) is 0 Å². The lowest BCUT2D eigenvalue weighted by atomic mass is 10.4. The van der Waals surface area contributed by atoms with E-state index in [1.165, 1.54) is 0 Å². The SMILES string of the molecule is CN(C)c1c(N)cnn1CCN1CCNC1. The molecule has 3 N–H and O–H groups in total. The van der Waals surface area contributed by atoms with E-state index in [1.54, 1.807) is 6.20 Å². The Morgan fingerprint density at radius 2 is 2.31 bits per heavy atom. The van der Waals surface area contributed by atoms with Crippen molar-refractivity contribution in [2.24, 2.45) is 0 Å². The Hall–Kier alpha value is -1.27. The highest BCUT2D eigenvalue weighted by molar-refractivity contribution is 5.61. The van der Waals surface area contributed by atoms with Gasteiger partial charge in [-0.05, 0) is 0 Å². The van der Waals surface area contributed by atoms with Crippen LogP contribution in [0.3, 0.4) is 0 Å². The van der Waals surface area contributed by atoms with Gasteiger partial charge >= 0.3 is 0 Å². The molecule has 0 saturated carbocycles. The summed E-state index contributed by atoms with van der Waals surface area (Å²) < 4.78 is 1.97. The average molecular weight is 224 g/mol. The molecular formula is C10H20N6. The molecule has 2 heterocycles. The number of nitrogens with zero attached hydrogens (tertiary/aromatic N) is 4. The van der Waals surface area contributed by atoms with Crippen molar-refractivity contribution in [2.45, 2.75) is 6.54 Å². The highest BCUT2D eigenvalue weighted by atomic mass is 15.4. The Balaban J connectivity index is 1.97. The summed E-state index contributed by atoms with van der Waals surface area (Å²) in [4.78, 5) is 4.38. The average Bonchev–Trinajstić information content (AvgIpc) is 2.83. The molecule has 0 unspecified atom stereocenters. The summed E-state index contributed by atoms with van der Waals surface area (Å²) in [5, 5.41) is 7.61.